The summed E-state index contributed by atoms with van der Waals surface area (Å²) < 4.78 is 0. The van der Waals surface area contributed by atoms with E-state index in [4.69, 9.17) is 5.11 Å². The van der Waals surface area contributed by atoms with Gasteiger partial charge in [-0.25, -0.2) is 4.79 Å². The first-order chi connectivity index (χ1) is 8.41. The number of aromatic carboxylic acids is 1. The Labute approximate surface area is 104 Å². The molecular weight excluding hydrogens is 236 g/mol. The molecule has 0 aliphatic rings. The Kier molecular flexibility index (Phi) is 4.42. The van der Waals surface area contributed by atoms with Crippen molar-refractivity contribution in [1.82, 2.24) is 5.32 Å². The van der Waals surface area contributed by atoms with Crippen LogP contribution in [0.5, 0.6) is 0 Å². The van der Waals surface area contributed by atoms with Crippen LogP contribution in [0.4, 0.5) is 5.69 Å². The van der Waals surface area contributed by atoms with E-state index in [1.807, 2.05) is 0 Å². The van der Waals surface area contributed by atoms with Crippen LogP contribution < -0.4 is 10.6 Å². The summed E-state index contributed by atoms with van der Waals surface area (Å²) in [4.78, 5) is 33.4. The maximum absolute atomic E-state index is 11.7. The topological polar surface area (TPSA) is 95.5 Å². The molecule has 0 aliphatic carbocycles. The van der Waals surface area contributed by atoms with Crippen LogP contribution in [0, 0.1) is 0 Å². The summed E-state index contributed by atoms with van der Waals surface area (Å²) in [6.45, 7) is 2.81. The fraction of sp³-hybridized carbons (Fsp3) is 0.250. The minimum absolute atomic E-state index is 0.000810. The van der Waals surface area contributed by atoms with Crippen LogP contribution >= 0.6 is 0 Å². The van der Waals surface area contributed by atoms with Crippen molar-refractivity contribution in [2.24, 2.45) is 0 Å². The molecule has 1 rings (SSSR count). The molecule has 96 valence electrons. The van der Waals surface area contributed by atoms with Gasteiger partial charge >= 0.3 is 5.97 Å². The van der Waals surface area contributed by atoms with Gasteiger partial charge in [-0.3, -0.25) is 9.59 Å². The zero-order chi connectivity index (χ0) is 13.7. The Morgan fingerprint density at radius 3 is 2.39 bits per heavy atom. The van der Waals surface area contributed by atoms with E-state index in [9.17, 15) is 14.4 Å². The molecule has 0 saturated heterocycles. The summed E-state index contributed by atoms with van der Waals surface area (Å²) in [5.41, 5.74) is 0.202. The van der Waals surface area contributed by atoms with E-state index in [1.165, 1.54) is 26.0 Å². The van der Waals surface area contributed by atoms with E-state index in [0.29, 0.717) is 0 Å². The van der Waals surface area contributed by atoms with Crippen LogP contribution in [0.15, 0.2) is 24.3 Å². The van der Waals surface area contributed by atoms with Crippen molar-refractivity contribution in [3.63, 3.8) is 0 Å². The third-order valence-electron chi connectivity index (χ3n) is 2.23. The Bertz CT molecular complexity index is 485. The summed E-state index contributed by atoms with van der Waals surface area (Å²) in [6.07, 6.45) is 0. The molecule has 2 amide bonds. The third kappa shape index (κ3) is 3.58. The highest BCUT2D eigenvalue weighted by atomic mass is 16.4. The Morgan fingerprint density at radius 1 is 1.22 bits per heavy atom. The molecule has 6 nitrogen and oxygen atoms in total. The Hall–Kier alpha value is -2.37. The molecule has 6 heteroatoms. The largest absolute Gasteiger partial charge is 0.478 e. The number of carbonyl (C=O) groups is 3. The van der Waals surface area contributed by atoms with Crippen LogP contribution in [-0.2, 0) is 9.59 Å². The predicted molar refractivity (Wildman–Crippen MR) is 65.3 cm³/mol. The molecule has 18 heavy (non-hydrogen) atoms. The van der Waals surface area contributed by atoms with Crippen molar-refractivity contribution < 1.29 is 19.5 Å². The highest BCUT2D eigenvalue weighted by Gasteiger charge is 2.16. The van der Waals surface area contributed by atoms with E-state index >= 15 is 0 Å². The average Bonchev–Trinajstić information content (AvgIpc) is 2.28. The Balaban J connectivity index is 2.82. The fourth-order valence-electron chi connectivity index (χ4n) is 1.39. The van der Waals surface area contributed by atoms with Crippen molar-refractivity contribution in [2.45, 2.75) is 19.9 Å². The van der Waals surface area contributed by atoms with Gasteiger partial charge in [-0.2, -0.15) is 0 Å². The van der Waals surface area contributed by atoms with E-state index in [0.717, 1.165) is 0 Å². The Morgan fingerprint density at radius 2 is 1.83 bits per heavy atom. The first-order valence-electron chi connectivity index (χ1n) is 5.32. The lowest BCUT2D eigenvalue weighted by Crippen LogP contribution is -2.40. The molecule has 3 N–H and O–H groups in total. The molecule has 0 bridgehead atoms. The molecule has 1 unspecified atom stereocenters. The molecule has 0 radical (unpaired) electrons. The molecule has 0 aliphatic heterocycles. The van der Waals surface area contributed by atoms with E-state index in [2.05, 4.69) is 10.6 Å². The lowest BCUT2D eigenvalue weighted by atomic mass is 10.1. The molecule has 1 aromatic carbocycles. The van der Waals surface area contributed by atoms with Gasteiger partial charge in [-0.15, -0.1) is 0 Å². The quantitative estimate of drug-likeness (QED) is 0.738. The van der Waals surface area contributed by atoms with Crippen LogP contribution in [0.2, 0.25) is 0 Å². The summed E-state index contributed by atoms with van der Waals surface area (Å²) in [6, 6.07) is 5.33. The molecule has 0 spiro atoms. The number of carbonyl (C=O) groups excluding carboxylic acids is 2. The van der Waals surface area contributed by atoms with Crippen LogP contribution in [0.3, 0.4) is 0 Å². The normalized spacial score (nSPS) is 11.4. The number of hydrogen-bond donors (Lipinski definition) is 3. The van der Waals surface area contributed by atoms with Crippen LogP contribution in [0.1, 0.15) is 24.2 Å². The van der Waals surface area contributed by atoms with Gasteiger partial charge in [-0.1, -0.05) is 12.1 Å². The zero-order valence-electron chi connectivity index (χ0n) is 10.1. The number of carboxylic acid groups (broad SMARTS) is 1. The van der Waals surface area contributed by atoms with Gasteiger partial charge < -0.3 is 15.7 Å². The van der Waals surface area contributed by atoms with E-state index < -0.39 is 17.9 Å². The lowest BCUT2D eigenvalue weighted by Gasteiger charge is -2.14. The summed E-state index contributed by atoms with van der Waals surface area (Å²) in [5, 5.41) is 13.8. The standard InChI is InChI=1S/C12H14N2O4/c1-7(13-8(2)15)11(16)14-10-6-4-3-5-9(10)12(17)18/h3-7H,1-2H3,(H,13,15)(H,14,16)(H,17,18). The maximum atomic E-state index is 11.7. The minimum Gasteiger partial charge on any atom is -0.478 e. The summed E-state index contributed by atoms with van der Waals surface area (Å²) in [7, 11) is 0. The monoisotopic (exact) mass is 250 g/mol. The second-order valence-corrected chi connectivity index (χ2v) is 3.76. The number of hydrogen-bond acceptors (Lipinski definition) is 3. The van der Waals surface area contributed by atoms with Gasteiger partial charge in [-0.05, 0) is 19.1 Å². The number of benzene rings is 1. The summed E-state index contributed by atoms with van der Waals surface area (Å²) >= 11 is 0. The molecule has 0 aromatic heterocycles. The molecule has 1 atom stereocenters. The van der Waals surface area contributed by atoms with Gasteiger partial charge in [0.2, 0.25) is 11.8 Å². The molecule has 0 saturated carbocycles. The van der Waals surface area contributed by atoms with E-state index in [1.54, 1.807) is 12.1 Å². The molecular formula is C12H14N2O4. The minimum atomic E-state index is -1.13. The molecule has 1 aromatic rings. The van der Waals surface area contributed by atoms with Gasteiger partial charge in [0, 0.05) is 6.92 Å². The van der Waals surface area contributed by atoms with Crippen LogP contribution in [0.25, 0.3) is 0 Å². The van der Waals surface area contributed by atoms with Gasteiger partial charge in [0.1, 0.15) is 6.04 Å². The van der Waals surface area contributed by atoms with Gasteiger partial charge in [0.15, 0.2) is 0 Å². The average molecular weight is 250 g/mol. The fourth-order valence-corrected chi connectivity index (χ4v) is 1.39. The number of amides is 2. The smallest absolute Gasteiger partial charge is 0.337 e. The number of nitrogens with one attached hydrogen (secondary N) is 2. The second kappa shape index (κ2) is 5.81. The third-order valence-corrected chi connectivity index (χ3v) is 2.23. The van der Waals surface area contributed by atoms with Crippen LogP contribution in [-0.4, -0.2) is 28.9 Å². The lowest BCUT2D eigenvalue weighted by molar-refractivity contribution is -0.124. The van der Waals surface area contributed by atoms with Crippen molar-refractivity contribution in [1.29, 1.82) is 0 Å². The molecule has 0 fully saturated rings. The summed E-state index contributed by atoms with van der Waals surface area (Å²) in [5.74, 6) is -1.93. The van der Waals surface area contributed by atoms with Gasteiger partial charge in [0.05, 0.1) is 11.3 Å². The number of carboxylic acids is 1. The number of para-hydroxylation sites is 1. The molecule has 0 heterocycles. The first-order valence-corrected chi connectivity index (χ1v) is 5.32. The highest BCUT2D eigenvalue weighted by molar-refractivity contribution is 6.02. The van der Waals surface area contributed by atoms with E-state index in [-0.39, 0.29) is 17.2 Å². The zero-order valence-corrected chi connectivity index (χ0v) is 10.1. The highest BCUT2D eigenvalue weighted by Crippen LogP contribution is 2.14. The predicted octanol–water partition coefficient (Wildman–Crippen LogP) is 0.848. The van der Waals surface area contributed by atoms with Gasteiger partial charge in [0.25, 0.3) is 0 Å². The van der Waals surface area contributed by atoms with Crippen molar-refractivity contribution >= 4 is 23.5 Å². The first kappa shape index (κ1) is 13.7. The van der Waals surface area contributed by atoms with Crippen molar-refractivity contribution in [3.8, 4) is 0 Å². The van der Waals surface area contributed by atoms with Crippen molar-refractivity contribution in [2.75, 3.05) is 5.32 Å². The number of anilines is 1. The SMILES string of the molecule is CC(=O)NC(C)C(=O)Nc1ccccc1C(=O)O. The number of rotatable bonds is 4. The van der Waals surface area contributed by atoms with Crippen molar-refractivity contribution in [3.05, 3.63) is 29.8 Å². The maximum Gasteiger partial charge on any atom is 0.337 e. The second-order valence-electron chi connectivity index (χ2n) is 3.76.